The summed E-state index contributed by atoms with van der Waals surface area (Å²) in [7, 11) is 0. The van der Waals surface area contributed by atoms with E-state index < -0.39 is 0 Å². The van der Waals surface area contributed by atoms with Crippen LogP contribution < -0.4 is 14.8 Å². The number of nitrogens with one attached hydrogen (secondary N) is 1. The molecule has 1 aromatic rings. The molecule has 2 aliphatic heterocycles. The summed E-state index contributed by atoms with van der Waals surface area (Å²) >= 11 is 1.68. The van der Waals surface area contributed by atoms with Crippen molar-refractivity contribution < 1.29 is 14.3 Å². The molecule has 132 valence electrons. The molecule has 1 fully saturated rings. The van der Waals surface area contributed by atoms with Crippen LogP contribution in [0.25, 0.3) is 0 Å². The molecular formula is C18H26N2O3S. The summed E-state index contributed by atoms with van der Waals surface area (Å²) in [5.41, 5.74) is 0. The fraction of sp³-hybridized carbons (Fsp3) is 0.611. The fourth-order valence-electron chi connectivity index (χ4n) is 3.24. The summed E-state index contributed by atoms with van der Waals surface area (Å²) in [6.45, 7) is 6.40. The molecule has 0 aromatic heterocycles. The molecule has 1 atom stereocenters. The molecule has 1 N–H and O–H groups in total. The summed E-state index contributed by atoms with van der Waals surface area (Å²) in [6, 6.07) is 6.48. The van der Waals surface area contributed by atoms with Gasteiger partial charge in [-0.1, -0.05) is 6.92 Å². The number of benzene rings is 1. The van der Waals surface area contributed by atoms with E-state index in [4.69, 9.17) is 9.47 Å². The number of likely N-dealkylation sites (N-methyl/N-ethyl adjacent to an activating group) is 1. The summed E-state index contributed by atoms with van der Waals surface area (Å²) in [6.07, 6.45) is 2.98. The van der Waals surface area contributed by atoms with Gasteiger partial charge in [0.15, 0.2) is 11.5 Å². The number of thioether (sulfide) groups is 1. The van der Waals surface area contributed by atoms with Gasteiger partial charge < -0.3 is 14.8 Å². The van der Waals surface area contributed by atoms with Crippen LogP contribution in [0.5, 0.6) is 11.5 Å². The second-order valence-electron chi connectivity index (χ2n) is 6.13. The van der Waals surface area contributed by atoms with E-state index in [-0.39, 0.29) is 5.91 Å². The Morgan fingerprint density at radius 3 is 3.00 bits per heavy atom. The van der Waals surface area contributed by atoms with E-state index in [1.54, 1.807) is 11.8 Å². The van der Waals surface area contributed by atoms with Crippen molar-refractivity contribution in [3.05, 3.63) is 18.2 Å². The van der Waals surface area contributed by atoms with E-state index in [1.807, 2.05) is 18.2 Å². The molecule has 3 rings (SSSR count). The van der Waals surface area contributed by atoms with E-state index in [1.165, 1.54) is 12.8 Å². The number of likely N-dealkylation sites (tertiary alicyclic amines) is 1. The van der Waals surface area contributed by atoms with Crippen molar-refractivity contribution in [3.8, 4) is 11.5 Å². The van der Waals surface area contributed by atoms with E-state index in [9.17, 15) is 4.79 Å². The van der Waals surface area contributed by atoms with Gasteiger partial charge in [0.05, 0.1) is 0 Å². The smallest absolute Gasteiger partial charge is 0.220 e. The highest BCUT2D eigenvalue weighted by Crippen LogP contribution is 2.34. The van der Waals surface area contributed by atoms with Crippen molar-refractivity contribution in [3.63, 3.8) is 0 Å². The number of carbonyl (C=O) groups excluding carboxylic acids is 1. The average Bonchev–Trinajstić information content (AvgIpc) is 3.07. The van der Waals surface area contributed by atoms with Crippen LogP contribution in [0.4, 0.5) is 0 Å². The van der Waals surface area contributed by atoms with Gasteiger partial charge in [0, 0.05) is 29.7 Å². The largest absolute Gasteiger partial charge is 0.486 e. The molecule has 1 saturated heterocycles. The first-order chi connectivity index (χ1) is 11.8. The molecule has 24 heavy (non-hydrogen) atoms. The Morgan fingerprint density at radius 1 is 1.33 bits per heavy atom. The molecule has 0 spiro atoms. The Labute approximate surface area is 148 Å². The second kappa shape index (κ2) is 8.62. The number of hydrogen-bond donors (Lipinski definition) is 1. The maximum Gasteiger partial charge on any atom is 0.220 e. The predicted octanol–water partition coefficient (Wildman–Crippen LogP) is 2.54. The zero-order chi connectivity index (χ0) is 16.8. The molecular weight excluding hydrogens is 324 g/mol. The van der Waals surface area contributed by atoms with Crippen molar-refractivity contribution in [2.75, 3.05) is 38.6 Å². The summed E-state index contributed by atoms with van der Waals surface area (Å²) in [5.74, 6) is 2.52. The van der Waals surface area contributed by atoms with E-state index in [2.05, 4.69) is 17.1 Å². The Bertz CT molecular complexity index is 567. The second-order valence-corrected chi connectivity index (χ2v) is 7.30. The molecule has 5 nitrogen and oxygen atoms in total. The molecule has 0 unspecified atom stereocenters. The number of nitrogens with zero attached hydrogens (tertiary/aromatic N) is 1. The Morgan fingerprint density at radius 2 is 2.17 bits per heavy atom. The van der Waals surface area contributed by atoms with Crippen LogP contribution in [0.1, 0.15) is 26.2 Å². The van der Waals surface area contributed by atoms with Gasteiger partial charge in [-0.05, 0) is 44.1 Å². The zero-order valence-electron chi connectivity index (χ0n) is 14.3. The Kier molecular flexibility index (Phi) is 6.26. The van der Waals surface area contributed by atoms with Gasteiger partial charge in [-0.15, -0.1) is 11.8 Å². The van der Waals surface area contributed by atoms with Gasteiger partial charge in [0.25, 0.3) is 0 Å². The maximum atomic E-state index is 12.0. The standard InChI is InChI=1S/C18H26N2O3S/c1-2-20-8-3-4-14(20)13-19-18(21)7-11-24-15-5-6-16-17(12-15)23-10-9-22-16/h5-6,12,14H,2-4,7-11,13H2,1H3,(H,19,21)/t14-/m0/s1. The maximum absolute atomic E-state index is 12.0. The van der Waals surface area contributed by atoms with E-state index in [0.29, 0.717) is 25.7 Å². The molecule has 0 aliphatic carbocycles. The van der Waals surface area contributed by atoms with Crippen molar-refractivity contribution in [1.82, 2.24) is 10.2 Å². The molecule has 1 amide bonds. The number of ether oxygens (including phenoxy) is 2. The highest BCUT2D eigenvalue weighted by molar-refractivity contribution is 7.99. The van der Waals surface area contributed by atoms with Crippen LogP contribution in [0.2, 0.25) is 0 Å². The minimum atomic E-state index is 0.142. The third kappa shape index (κ3) is 4.57. The number of rotatable bonds is 7. The normalized spacial score (nSPS) is 20.1. The van der Waals surface area contributed by atoms with Crippen molar-refractivity contribution in [2.24, 2.45) is 0 Å². The highest BCUT2D eigenvalue weighted by Gasteiger charge is 2.23. The third-order valence-corrected chi connectivity index (χ3v) is 5.55. The Balaban J connectivity index is 1.37. The van der Waals surface area contributed by atoms with Gasteiger partial charge in [0.1, 0.15) is 13.2 Å². The number of amides is 1. The molecule has 0 radical (unpaired) electrons. The van der Waals surface area contributed by atoms with Crippen LogP contribution in [-0.2, 0) is 4.79 Å². The quantitative estimate of drug-likeness (QED) is 0.766. The van der Waals surface area contributed by atoms with Crippen molar-refractivity contribution in [1.29, 1.82) is 0 Å². The minimum absolute atomic E-state index is 0.142. The molecule has 6 heteroatoms. The van der Waals surface area contributed by atoms with Gasteiger partial charge >= 0.3 is 0 Å². The molecule has 2 aliphatic rings. The first-order valence-corrected chi connectivity index (χ1v) is 9.78. The van der Waals surface area contributed by atoms with Crippen LogP contribution in [0.15, 0.2) is 23.1 Å². The summed E-state index contributed by atoms with van der Waals surface area (Å²) in [5, 5.41) is 3.09. The number of hydrogen-bond acceptors (Lipinski definition) is 5. The fourth-order valence-corrected chi connectivity index (χ4v) is 4.12. The zero-order valence-corrected chi connectivity index (χ0v) is 15.1. The van der Waals surface area contributed by atoms with Crippen LogP contribution >= 0.6 is 11.8 Å². The van der Waals surface area contributed by atoms with E-state index >= 15 is 0 Å². The summed E-state index contributed by atoms with van der Waals surface area (Å²) < 4.78 is 11.1. The summed E-state index contributed by atoms with van der Waals surface area (Å²) in [4.78, 5) is 15.6. The average molecular weight is 350 g/mol. The number of carbonyl (C=O) groups is 1. The molecule has 0 saturated carbocycles. The molecule has 0 bridgehead atoms. The lowest BCUT2D eigenvalue weighted by molar-refractivity contribution is -0.120. The lowest BCUT2D eigenvalue weighted by Gasteiger charge is -2.22. The molecule has 1 aromatic carbocycles. The first-order valence-electron chi connectivity index (χ1n) is 8.79. The lowest BCUT2D eigenvalue weighted by Crippen LogP contribution is -2.40. The van der Waals surface area contributed by atoms with Gasteiger partial charge in [-0.2, -0.15) is 0 Å². The molecule has 2 heterocycles. The van der Waals surface area contributed by atoms with Gasteiger partial charge in [-0.25, -0.2) is 0 Å². The minimum Gasteiger partial charge on any atom is -0.486 e. The van der Waals surface area contributed by atoms with Gasteiger partial charge in [0.2, 0.25) is 5.91 Å². The lowest BCUT2D eigenvalue weighted by atomic mass is 10.2. The van der Waals surface area contributed by atoms with Crippen molar-refractivity contribution >= 4 is 17.7 Å². The van der Waals surface area contributed by atoms with Crippen molar-refractivity contribution in [2.45, 2.75) is 37.1 Å². The first kappa shape index (κ1) is 17.4. The highest BCUT2D eigenvalue weighted by atomic mass is 32.2. The predicted molar refractivity (Wildman–Crippen MR) is 96.1 cm³/mol. The van der Waals surface area contributed by atoms with Gasteiger partial charge in [-0.3, -0.25) is 9.69 Å². The topological polar surface area (TPSA) is 50.8 Å². The van der Waals surface area contributed by atoms with Crippen LogP contribution in [0.3, 0.4) is 0 Å². The van der Waals surface area contributed by atoms with E-state index in [0.717, 1.165) is 41.8 Å². The van der Waals surface area contributed by atoms with Crippen LogP contribution in [-0.4, -0.2) is 55.4 Å². The van der Waals surface area contributed by atoms with Crippen LogP contribution in [0, 0.1) is 0 Å². The monoisotopic (exact) mass is 350 g/mol. The SMILES string of the molecule is CCN1CCC[C@H]1CNC(=O)CCSc1ccc2c(c1)OCCO2. The Hall–Kier alpha value is -1.40. The third-order valence-electron chi connectivity index (χ3n) is 4.55. The number of fused-ring (bicyclic) bond motifs is 1.